The van der Waals surface area contributed by atoms with E-state index in [2.05, 4.69) is 11.4 Å². The number of nitriles is 1. The Labute approximate surface area is 148 Å². The number of nitrogens with zero attached hydrogens (tertiary/aromatic N) is 2. The molecule has 0 saturated carbocycles. The number of piperidine rings is 1. The lowest BCUT2D eigenvalue weighted by Crippen LogP contribution is -2.50. The van der Waals surface area contributed by atoms with Gasteiger partial charge in [-0.05, 0) is 51.3 Å². The number of likely N-dealkylation sites (tertiary alicyclic amines) is 1. The molecule has 1 atom stereocenters. The van der Waals surface area contributed by atoms with Gasteiger partial charge < -0.3 is 15.0 Å². The molecule has 1 N–H and O–H groups in total. The van der Waals surface area contributed by atoms with Gasteiger partial charge in [-0.15, -0.1) is 0 Å². The van der Waals surface area contributed by atoms with Crippen LogP contribution in [-0.2, 0) is 11.2 Å². The minimum atomic E-state index is -0.542. The molecule has 1 heterocycles. The molecule has 1 fully saturated rings. The summed E-state index contributed by atoms with van der Waals surface area (Å²) < 4.78 is 5.28. The number of nitrogens with one attached hydrogen (secondary N) is 1. The molecule has 0 aliphatic carbocycles. The summed E-state index contributed by atoms with van der Waals surface area (Å²) in [6, 6.07) is 9.09. The van der Waals surface area contributed by atoms with E-state index in [4.69, 9.17) is 10.00 Å². The molecule has 1 unspecified atom stereocenters. The van der Waals surface area contributed by atoms with Crippen LogP contribution in [0.2, 0.25) is 0 Å². The van der Waals surface area contributed by atoms with Crippen LogP contribution in [0.1, 0.15) is 49.5 Å². The largest absolute Gasteiger partial charge is 0.444 e. The molecule has 134 valence electrons. The summed E-state index contributed by atoms with van der Waals surface area (Å²) in [6.45, 7) is 6.60. The smallest absolute Gasteiger partial charge is 0.407 e. The van der Waals surface area contributed by atoms with E-state index >= 15 is 0 Å². The van der Waals surface area contributed by atoms with Crippen molar-refractivity contribution >= 4 is 12.0 Å². The second-order valence-electron chi connectivity index (χ2n) is 7.27. The molecule has 6 heteroatoms. The van der Waals surface area contributed by atoms with Crippen LogP contribution >= 0.6 is 0 Å². The van der Waals surface area contributed by atoms with Crippen molar-refractivity contribution in [2.24, 2.45) is 0 Å². The Morgan fingerprint density at radius 3 is 2.60 bits per heavy atom. The molecule has 0 radical (unpaired) electrons. The number of carbonyl (C=O) groups is 2. The maximum atomic E-state index is 12.6. The van der Waals surface area contributed by atoms with Gasteiger partial charge in [0.25, 0.3) is 5.91 Å². The SMILES string of the molecule is CC(C)(C)OC(=O)NC1CCCN(C(=O)c2ccc(CC#N)cc2)C1. The number of carbonyl (C=O) groups excluding carboxylic acids is 2. The highest BCUT2D eigenvalue weighted by molar-refractivity contribution is 5.94. The Morgan fingerprint density at radius 1 is 1.32 bits per heavy atom. The van der Waals surface area contributed by atoms with E-state index < -0.39 is 11.7 Å². The van der Waals surface area contributed by atoms with E-state index in [1.54, 1.807) is 29.2 Å². The fourth-order valence-corrected chi connectivity index (χ4v) is 2.79. The second kappa shape index (κ2) is 8.02. The number of ether oxygens (including phenoxy) is 1. The number of amides is 2. The van der Waals surface area contributed by atoms with Crippen LogP contribution in [0.5, 0.6) is 0 Å². The van der Waals surface area contributed by atoms with Crippen LogP contribution in [0.4, 0.5) is 4.79 Å². The van der Waals surface area contributed by atoms with Crippen molar-refractivity contribution in [1.29, 1.82) is 5.26 Å². The van der Waals surface area contributed by atoms with Crippen molar-refractivity contribution in [3.8, 4) is 6.07 Å². The zero-order valence-electron chi connectivity index (χ0n) is 15.0. The van der Waals surface area contributed by atoms with E-state index in [1.807, 2.05) is 20.8 Å². The van der Waals surface area contributed by atoms with Gasteiger partial charge in [0, 0.05) is 24.7 Å². The molecule has 1 aromatic carbocycles. The first-order valence-corrected chi connectivity index (χ1v) is 8.53. The fourth-order valence-electron chi connectivity index (χ4n) is 2.79. The van der Waals surface area contributed by atoms with Crippen LogP contribution in [0.25, 0.3) is 0 Å². The van der Waals surface area contributed by atoms with Crippen molar-refractivity contribution in [3.63, 3.8) is 0 Å². The third-order valence-electron chi connectivity index (χ3n) is 3.91. The van der Waals surface area contributed by atoms with Crippen molar-refractivity contribution in [1.82, 2.24) is 10.2 Å². The van der Waals surface area contributed by atoms with Gasteiger partial charge in [-0.1, -0.05) is 12.1 Å². The third kappa shape index (κ3) is 5.79. The predicted octanol–water partition coefficient (Wildman–Crippen LogP) is 2.88. The van der Waals surface area contributed by atoms with Crippen LogP contribution in [-0.4, -0.2) is 41.6 Å². The number of alkyl carbamates (subject to hydrolysis) is 1. The van der Waals surface area contributed by atoms with Crippen molar-refractivity contribution in [2.45, 2.75) is 51.7 Å². The van der Waals surface area contributed by atoms with Gasteiger partial charge in [-0.2, -0.15) is 5.26 Å². The molecule has 25 heavy (non-hydrogen) atoms. The number of hydrogen-bond donors (Lipinski definition) is 1. The lowest BCUT2D eigenvalue weighted by Gasteiger charge is -2.33. The predicted molar refractivity (Wildman–Crippen MR) is 94.1 cm³/mol. The summed E-state index contributed by atoms with van der Waals surface area (Å²) >= 11 is 0. The molecular formula is C19H25N3O3. The topological polar surface area (TPSA) is 82.4 Å². The van der Waals surface area contributed by atoms with E-state index in [0.29, 0.717) is 25.1 Å². The monoisotopic (exact) mass is 343 g/mol. The van der Waals surface area contributed by atoms with Crippen LogP contribution < -0.4 is 5.32 Å². The summed E-state index contributed by atoms with van der Waals surface area (Å²) in [4.78, 5) is 26.3. The molecule has 1 saturated heterocycles. The molecule has 1 aromatic rings. The summed E-state index contributed by atoms with van der Waals surface area (Å²) in [5.74, 6) is -0.0563. The normalized spacial score (nSPS) is 17.5. The van der Waals surface area contributed by atoms with Gasteiger partial charge in [-0.25, -0.2) is 4.79 Å². The Kier molecular flexibility index (Phi) is 6.02. The number of benzene rings is 1. The first kappa shape index (κ1) is 18.8. The van der Waals surface area contributed by atoms with E-state index in [9.17, 15) is 9.59 Å². The van der Waals surface area contributed by atoms with E-state index in [1.165, 1.54) is 0 Å². The fraction of sp³-hybridized carbons (Fsp3) is 0.526. The first-order chi connectivity index (χ1) is 11.8. The first-order valence-electron chi connectivity index (χ1n) is 8.53. The van der Waals surface area contributed by atoms with Gasteiger partial charge in [0.15, 0.2) is 0 Å². The average molecular weight is 343 g/mol. The van der Waals surface area contributed by atoms with Gasteiger partial charge in [0.05, 0.1) is 12.5 Å². The van der Waals surface area contributed by atoms with Crippen molar-refractivity contribution in [3.05, 3.63) is 35.4 Å². The van der Waals surface area contributed by atoms with Crippen LogP contribution in [0.3, 0.4) is 0 Å². The highest BCUT2D eigenvalue weighted by Crippen LogP contribution is 2.16. The second-order valence-corrected chi connectivity index (χ2v) is 7.27. The lowest BCUT2D eigenvalue weighted by atomic mass is 10.0. The molecular weight excluding hydrogens is 318 g/mol. The maximum absolute atomic E-state index is 12.6. The van der Waals surface area contributed by atoms with Gasteiger partial charge in [-0.3, -0.25) is 4.79 Å². The molecule has 0 aromatic heterocycles. The summed E-state index contributed by atoms with van der Waals surface area (Å²) in [5, 5.41) is 11.6. The number of rotatable bonds is 3. The van der Waals surface area contributed by atoms with Crippen LogP contribution in [0.15, 0.2) is 24.3 Å². The average Bonchev–Trinajstić information content (AvgIpc) is 2.53. The minimum Gasteiger partial charge on any atom is -0.444 e. The van der Waals surface area contributed by atoms with E-state index in [0.717, 1.165) is 18.4 Å². The molecule has 6 nitrogen and oxygen atoms in total. The highest BCUT2D eigenvalue weighted by Gasteiger charge is 2.27. The Balaban J connectivity index is 1.94. The Bertz CT molecular complexity index is 656. The third-order valence-corrected chi connectivity index (χ3v) is 3.91. The quantitative estimate of drug-likeness (QED) is 0.915. The van der Waals surface area contributed by atoms with Crippen LogP contribution in [0, 0.1) is 11.3 Å². The lowest BCUT2D eigenvalue weighted by molar-refractivity contribution is 0.0452. The van der Waals surface area contributed by atoms with Gasteiger partial charge in [0.2, 0.25) is 0 Å². The molecule has 0 bridgehead atoms. The van der Waals surface area contributed by atoms with Crippen molar-refractivity contribution in [2.75, 3.05) is 13.1 Å². The minimum absolute atomic E-state index is 0.0563. The highest BCUT2D eigenvalue weighted by atomic mass is 16.6. The molecule has 1 aliphatic rings. The standard InChI is InChI=1S/C19H25N3O3/c1-19(2,3)25-18(24)21-16-5-4-12-22(13-16)17(23)15-8-6-14(7-9-15)10-11-20/h6-9,16H,4-5,10,12-13H2,1-3H3,(H,21,24). The molecule has 0 spiro atoms. The summed E-state index contributed by atoms with van der Waals surface area (Å²) in [7, 11) is 0. The Morgan fingerprint density at radius 2 is 2.00 bits per heavy atom. The Hall–Kier alpha value is -2.55. The maximum Gasteiger partial charge on any atom is 0.407 e. The zero-order chi connectivity index (χ0) is 18.4. The van der Waals surface area contributed by atoms with E-state index in [-0.39, 0.29) is 11.9 Å². The zero-order valence-corrected chi connectivity index (χ0v) is 15.0. The van der Waals surface area contributed by atoms with Crippen molar-refractivity contribution < 1.29 is 14.3 Å². The summed E-state index contributed by atoms with van der Waals surface area (Å²) in [5.41, 5.74) is 0.946. The molecule has 1 aliphatic heterocycles. The number of hydrogen-bond acceptors (Lipinski definition) is 4. The van der Waals surface area contributed by atoms with Gasteiger partial charge in [0.1, 0.15) is 5.60 Å². The molecule has 2 amide bonds. The summed E-state index contributed by atoms with van der Waals surface area (Å²) in [6.07, 6.45) is 1.54. The molecule has 2 rings (SSSR count). The van der Waals surface area contributed by atoms with Gasteiger partial charge >= 0.3 is 6.09 Å².